The first kappa shape index (κ1) is 20.5. The quantitative estimate of drug-likeness (QED) is 0.522. The summed E-state index contributed by atoms with van der Waals surface area (Å²) in [5.74, 6) is 0.846. The Kier molecular flexibility index (Phi) is 6.83. The number of anilines is 2. The lowest BCUT2D eigenvalue weighted by molar-refractivity contribution is -0.113. The molecule has 0 spiro atoms. The van der Waals surface area contributed by atoms with E-state index in [0.29, 0.717) is 27.4 Å². The van der Waals surface area contributed by atoms with Gasteiger partial charge in [0.2, 0.25) is 5.91 Å². The van der Waals surface area contributed by atoms with E-state index in [9.17, 15) is 4.79 Å². The Hall–Kier alpha value is -2.22. The van der Waals surface area contributed by atoms with Crippen molar-refractivity contribution in [3.8, 4) is 0 Å². The number of thioether (sulfide) groups is 1. The normalized spacial score (nSPS) is 10.7. The first-order valence-corrected chi connectivity index (χ1v) is 10.2. The van der Waals surface area contributed by atoms with Gasteiger partial charge < -0.3 is 15.2 Å². The summed E-state index contributed by atoms with van der Waals surface area (Å²) in [7, 11) is 1.87. The first-order valence-electron chi connectivity index (χ1n) is 8.49. The van der Waals surface area contributed by atoms with Crippen molar-refractivity contribution >= 4 is 52.2 Å². The van der Waals surface area contributed by atoms with Crippen LogP contribution in [0.3, 0.4) is 0 Å². The number of amides is 1. The Balaban J connectivity index is 1.53. The molecule has 0 aliphatic carbocycles. The van der Waals surface area contributed by atoms with Gasteiger partial charge in [-0.25, -0.2) is 0 Å². The Labute approximate surface area is 177 Å². The zero-order valence-electron chi connectivity index (χ0n) is 15.4. The number of aromatic nitrogens is 3. The molecule has 0 unspecified atom stereocenters. The van der Waals surface area contributed by atoms with Gasteiger partial charge in [0.05, 0.1) is 12.3 Å². The van der Waals surface area contributed by atoms with E-state index >= 15 is 0 Å². The van der Waals surface area contributed by atoms with Crippen LogP contribution in [0.5, 0.6) is 0 Å². The number of carbonyl (C=O) groups excluding carboxylic acids is 1. The van der Waals surface area contributed by atoms with Crippen molar-refractivity contribution in [1.29, 1.82) is 0 Å². The van der Waals surface area contributed by atoms with Gasteiger partial charge in [-0.2, -0.15) is 0 Å². The molecule has 2 aromatic carbocycles. The molecule has 1 amide bonds. The van der Waals surface area contributed by atoms with Crippen molar-refractivity contribution in [2.45, 2.75) is 18.6 Å². The van der Waals surface area contributed by atoms with Crippen LogP contribution in [0.4, 0.5) is 11.4 Å². The SMILES string of the molecule is Cc1ccc(NC(=O)CSc2nnc(CNc3cccc(Cl)c3)n2C)cc1Cl. The summed E-state index contributed by atoms with van der Waals surface area (Å²) in [5, 5.41) is 16.4. The van der Waals surface area contributed by atoms with Gasteiger partial charge in [-0.05, 0) is 42.8 Å². The maximum absolute atomic E-state index is 12.2. The molecular weight excluding hydrogens is 417 g/mol. The minimum absolute atomic E-state index is 0.133. The van der Waals surface area contributed by atoms with Gasteiger partial charge in [-0.1, -0.05) is 47.1 Å². The Morgan fingerprint density at radius 3 is 2.71 bits per heavy atom. The molecule has 0 aliphatic heterocycles. The van der Waals surface area contributed by atoms with Crippen molar-refractivity contribution in [3.05, 3.63) is 63.9 Å². The highest BCUT2D eigenvalue weighted by molar-refractivity contribution is 7.99. The molecule has 6 nitrogen and oxygen atoms in total. The summed E-state index contributed by atoms with van der Waals surface area (Å²) in [5.41, 5.74) is 2.54. The highest BCUT2D eigenvalue weighted by Gasteiger charge is 2.12. The van der Waals surface area contributed by atoms with E-state index in [-0.39, 0.29) is 11.7 Å². The summed E-state index contributed by atoms with van der Waals surface area (Å²) in [4.78, 5) is 12.2. The van der Waals surface area contributed by atoms with Gasteiger partial charge in [0.25, 0.3) is 0 Å². The maximum Gasteiger partial charge on any atom is 0.234 e. The monoisotopic (exact) mass is 435 g/mol. The Morgan fingerprint density at radius 1 is 1.14 bits per heavy atom. The van der Waals surface area contributed by atoms with Crippen LogP contribution in [0, 0.1) is 6.92 Å². The molecule has 1 heterocycles. The molecule has 2 N–H and O–H groups in total. The predicted octanol–water partition coefficient (Wildman–Crippen LogP) is 4.77. The molecule has 0 atom stereocenters. The summed E-state index contributed by atoms with van der Waals surface area (Å²) in [6.07, 6.45) is 0. The van der Waals surface area contributed by atoms with E-state index in [2.05, 4.69) is 20.8 Å². The number of halogens is 2. The number of hydrogen-bond acceptors (Lipinski definition) is 5. The summed E-state index contributed by atoms with van der Waals surface area (Å²) >= 11 is 13.4. The molecular formula is C19H19Cl2N5OS. The number of benzene rings is 2. The van der Waals surface area contributed by atoms with Crippen LogP contribution < -0.4 is 10.6 Å². The van der Waals surface area contributed by atoms with Crippen molar-refractivity contribution in [2.24, 2.45) is 7.05 Å². The molecule has 1 aromatic heterocycles. The number of nitrogens with one attached hydrogen (secondary N) is 2. The van der Waals surface area contributed by atoms with Gasteiger partial charge in [0, 0.05) is 28.5 Å². The summed E-state index contributed by atoms with van der Waals surface area (Å²) in [6.45, 7) is 2.41. The van der Waals surface area contributed by atoms with E-state index in [1.54, 1.807) is 6.07 Å². The fourth-order valence-electron chi connectivity index (χ4n) is 2.40. The van der Waals surface area contributed by atoms with E-state index in [1.807, 2.05) is 54.9 Å². The number of carbonyl (C=O) groups is 1. The number of hydrogen-bond donors (Lipinski definition) is 2. The molecule has 0 aliphatic rings. The van der Waals surface area contributed by atoms with Gasteiger partial charge in [0.1, 0.15) is 0 Å². The van der Waals surface area contributed by atoms with Crippen LogP contribution in [0.15, 0.2) is 47.6 Å². The minimum atomic E-state index is -0.133. The molecule has 0 radical (unpaired) electrons. The number of rotatable bonds is 7. The lowest BCUT2D eigenvalue weighted by Gasteiger charge is -2.08. The number of aryl methyl sites for hydroxylation is 1. The second-order valence-electron chi connectivity index (χ2n) is 6.12. The predicted molar refractivity (Wildman–Crippen MR) is 115 cm³/mol. The molecule has 9 heteroatoms. The molecule has 0 fully saturated rings. The highest BCUT2D eigenvalue weighted by atomic mass is 35.5. The standard InChI is InChI=1S/C19H19Cl2N5OS/c1-12-6-7-15(9-16(12)21)23-18(27)11-28-19-25-24-17(26(19)2)10-22-14-5-3-4-13(20)8-14/h3-9,22H,10-11H2,1-2H3,(H,23,27). The second kappa shape index (κ2) is 9.32. The lowest BCUT2D eigenvalue weighted by Crippen LogP contribution is -2.14. The average molecular weight is 436 g/mol. The van der Waals surface area contributed by atoms with Crippen molar-refractivity contribution in [1.82, 2.24) is 14.8 Å². The van der Waals surface area contributed by atoms with Gasteiger partial charge in [-0.3, -0.25) is 4.79 Å². The molecule has 3 aromatic rings. The van der Waals surface area contributed by atoms with Crippen LogP contribution in [0.2, 0.25) is 10.0 Å². The van der Waals surface area contributed by atoms with E-state index in [0.717, 1.165) is 17.1 Å². The summed E-state index contributed by atoms with van der Waals surface area (Å²) in [6, 6.07) is 12.9. The van der Waals surface area contributed by atoms with Crippen LogP contribution in [-0.2, 0) is 18.4 Å². The lowest BCUT2D eigenvalue weighted by atomic mass is 10.2. The minimum Gasteiger partial charge on any atom is -0.378 e. The van der Waals surface area contributed by atoms with Crippen LogP contribution in [0.25, 0.3) is 0 Å². The van der Waals surface area contributed by atoms with Crippen LogP contribution in [-0.4, -0.2) is 26.4 Å². The number of nitrogens with zero attached hydrogens (tertiary/aromatic N) is 3. The topological polar surface area (TPSA) is 71.8 Å². The van der Waals surface area contributed by atoms with Crippen molar-refractivity contribution in [3.63, 3.8) is 0 Å². The zero-order chi connectivity index (χ0) is 20.1. The van der Waals surface area contributed by atoms with Gasteiger partial charge >= 0.3 is 0 Å². The molecule has 0 saturated heterocycles. The zero-order valence-corrected chi connectivity index (χ0v) is 17.7. The van der Waals surface area contributed by atoms with Crippen LogP contribution >= 0.6 is 35.0 Å². The van der Waals surface area contributed by atoms with Crippen molar-refractivity contribution < 1.29 is 4.79 Å². The van der Waals surface area contributed by atoms with Gasteiger partial charge in [0.15, 0.2) is 11.0 Å². The van der Waals surface area contributed by atoms with Crippen molar-refractivity contribution in [2.75, 3.05) is 16.4 Å². The fourth-order valence-corrected chi connectivity index (χ4v) is 3.50. The first-order chi connectivity index (χ1) is 13.4. The fraction of sp³-hybridized carbons (Fsp3) is 0.211. The van der Waals surface area contributed by atoms with E-state index in [4.69, 9.17) is 23.2 Å². The highest BCUT2D eigenvalue weighted by Crippen LogP contribution is 2.21. The smallest absolute Gasteiger partial charge is 0.234 e. The molecule has 0 saturated carbocycles. The van der Waals surface area contributed by atoms with E-state index < -0.39 is 0 Å². The molecule has 146 valence electrons. The maximum atomic E-state index is 12.2. The van der Waals surface area contributed by atoms with Gasteiger partial charge in [-0.15, -0.1) is 10.2 Å². The Morgan fingerprint density at radius 2 is 1.96 bits per heavy atom. The third-order valence-corrected chi connectivity index (χ3v) is 5.65. The Bertz CT molecular complexity index is 992. The molecule has 0 bridgehead atoms. The van der Waals surface area contributed by atoms with Crippen LogP contribution in [0.1, 0.15) is 11.4 Å². The average Bonchev–Trinajstić information content (AvgIpc) is 3.01. The largest absolute Gasteiger partial charge is 0.378 e. The van der Waals surface area contributed by atoms with E-state index in [1.165, 1.54) is 11.8 Å². The third-order valence-electron chi connectivity index (χ3n) is 3.99. The third kappa shape index (κ3) is 5.41. The second-order valence-corrected chi connectivity index (χ2v) is 7.91. The molecule has 28 heavy (non-hydrogen) atoms. The summed E-state index contributed by atoms with van der Waals surface area (Å²) < 4.78 is 1.86. The molecule has 3 rings (SSSR count).